The standard InChI is InChI=1S/C6H14O4Si/c1-2-6(9)11-10-4-5(8)3-7/h5,7-8H,2-4,11H2,1H3. The summed E-state index contributed by atoms with van der Waals surface area (Å²) in [4.78, 5) is 10.7. The topological polar surface area (TPSA) is 66.8 Å². The number of hydrogen-bond donors (Lipinski definition) is 2. The van der Waals surface area contributed by atoms with Crippen molar-refractivity contribution >= 4 is 15.2 Å². The van der Waals surface area contributed by atoms with Gasteiger partial charge >= 0.3 is 0 Å². The summed E-state index contributed by atoms with van der Waals surface area (Å²) in [6.07, 6.45) is -0.339. The van der Waals surface area contributed by atoms with Gasteiger partial charge in [-0.25, -0.2) is 0 Å². The quantitative estimate of drug-likeness (QED) is 0.480. The van der Waals surface area contributed by atoms with E-state index < -0.39 is 15.9 Å². The Balaban J connectivity index is 3.20. The van der Waals surface area contributed by atoms with Gasteiger partial charge in [0, 0.05) is 6.42 Å². The van der Waals surface area contributed by atoms with Crippen molar-refractivity contribution in [1.29, 1.82) is 0 Å². The molecule has 66 valence electrons. The molecule has 4 nitrogen and oxygen atoms in total. The molecule has 0 saturated carbocycles. The lowest BCUT2D eigenvalue weighted by Crippen LogP contribution is -2.23. The summed E-state index contributed by atoms with van der Waals surface area (Å²) in [7, 11) is -1.13. The maximum atomic E-state index is 10.7. The second-order valence-corrected chi connectivity index (χ2v) is 3.73. The van der Waals surface area contributed by atoms with E-state index in [9.17, 15) is 4.79 Å². The van der Waals surface area contributed by atoms with Gasteiger partial charge in [0.1, 0.15) is 5.41 Å². The number of aliphatic hydroxyl groups is 2. The predicted octanol–water partition coefficient (Wildman–Crippen LogP) is -1.62. The van der Waals surface area contributed by atoms with E-state index in [0.29, 0.717) is 6.42 Å². The van der Waals surface area contributed by atoms with Crippen LogP contribution >= 0.6 is 0 Å². The first-order valence-electron chi connectivity index (χ1n) is 3.59. The molecule has 0 aliphatic heterocycles. The smallest absolute Gasteiger partial charge is 0.234 e. The summed E-state index contributed by atoms with van der Waals surface area (Å²) in [5.74, 6) is 0. The molecule has 5 heteroatoms. The van der Waals surface area contributed by atoms with Crippen LogP contribution in [0.1, 0.15) is 13.3 Å². The summed E-state index contributed by atoms with van der Waals surface area (Å²) >= 11 is 0. The molecule has 0 spiro atoms. The molecular weight excluding hydrogens is 164 g/mol. The highest BCUT2D eigenvalue weighted by Crippen LogP contribution is 1.84. The van der Waals surface area contributed by atoms with Crippen molar-refractivity contribution in [3.05, 3.63) is 0 Å². The molecule has 0 radical (unpaired) electrons. The summed E-state index contributed by atoms with van der Waals surface area (Å²) in [6, 6.07) is 0. The average molecular weight is 178 g/mol. The number of carbonyl (C=O) groups is 1. The van der Waals surface area contributed by atoms with Crippen LogP contribution in [0.25, 0.3) is 0 Å². The second-order valence-electron chi connectivity index (χ2n) is 2.24. The fourth-order valence-electron chi connectivity index (χ4n) is 0.464. The van der Waals surface area contributed by atoms with E-state index in [1.54, 1.807) is 6.92 Å². The molecule has 2 N–H and O–H groups in total. The lowest BCUT2D eigenvalue weighted by molar-refractivity contribution is -0.112. The second kappa shape index (κ2) is 6.48. The summed E-state index contributed by atoms with van der Waals surface area (Å²) in [5.41, 5.74) is 0. The normalized spacial score (nSPS) is 14.1. The monoisotopic (exact) mass is 178 g/mol. The third-order valence-electron chi connectivity index (χ3n) is 1.18. The SMILES string of the molecule is CCC(=O)[SiH2]OCC(O)CO. The number of carbonyl (C=O) groups excluding carboxylic acids is 1. The fourth-order valence-corrected chi connectivity index (χ4v) is 1.29. The lowest BCUT2D eigenvalue weighted by Gasteiger charge is -2.06. The number of aliphatic hydroxyl groups excluding tert-OH is 2. The van der Waals surface area contributed by atoms with E-state index in [0.717, 1.165) is 0 Å². The Morgan fingerprint density at radius 2 is 2.36 bits per heavy atom. The first kappa shape index (κ1) is 10.8. The Labute approximate surface area is 68.1 Å². The first-order valence-corrected chi connectivity index (χ1v) is 4.87. The Bertz CT molecular complexity index is 117. The van der Waals surface area contributed by atoms with Gasteiger partial charge in [0.15, 0.2) is 0 Å². The predicted molar refractivity (Wildman–Crippen MR) is 42.9 cm³/mol. The minimum atomic E-state index is -1.13. The van der Waals surface area contributed by atoms with Crippen molar-refractivity contribution in [3.63, 3.8) is 0 Å². The molecule has 0 aromatic carbocycles. The number of rotatable bonds is 6. The molecule has 0 aromatic rings. The molecule has 0 bridgehead atoms. The van der Waals surface area contributed by atoms with Crippen LogP contribution in [0.3, 0.4) is 0 Å². The van der Waals surface area contributed by atoms with Gasteiger partial charge in [0.05, 0.1) is 19.3 Å². The third kappa shape index (κ3) is 6.18. The first-order chi connectivity index (χ1) is 5.20. The summed E-state index contributed by atoms with van der Waals surface area (Å²) in [6.45, 7) is 1.55. The highest BCUT2D eigenvalue weighted by molar-refractivity contribution is 6.68. The van der Waals surface area contributed by atoms with Crippen molar-refractivity contribution in [2.75, 3.05) is 13.2 Å². The highest BCUT2D eigenvalue weighted by atomic mass is 28.2. The van der Waals surface area contributed by atoms with Crippen molar-refractivity contribution < 1.29 is 19.4 Å². The van der Waals surface area contributed by atoms with Gasteiger partial charge in [-0.1, -0.05) is 6.92 Å². The van der Waals surface area contributed by atoms with Gasteiger partial charge in [-0.05, 0) is 0 Å². The molecule has 1 unspecified atom stereocenters. The molecule has 11 heavy (non-hydrogen) atoms. The molecule has 1 atom stereocenters. The van der Waals surface area contributed by atoms with Gasteiger partial charge in [0.2, 0.25) is 9.76 Å². The van der Waals surface area contributed by atoms with E-state index >= 15 is 0 Å². The maximum Gasteiger partial charge on any atom is 0.234 e. The Hall–Kier alpha value is -0.233. The summed E-state index contributed by atoms with van der Waals surface area (Å²) < 4.78 is 4.92. The van der Waals surface area contributed by atoms with Crippen LogP contribution in [-0.2, 0) is 9.22 Å². The van der Waals surface area contributed by atoms with Gasteiger partial charge in [-0.15, -0.1) is 0 Å². The average Bonchev–Trinajstić information content (AvgIpc) is 2.04. The largest absolute Gasteiger partial charge is 0.412 e. The van der Waals surface area contributed by atoms with E-state index in [1.165, 1.54) is 0 Å². The van der Waals surface area contributed by atoms with Crippen LogP contribution in [-0.4, -0.2) is 44.7 Å². The van der Waals surface area contributed by atoms with E-state index in [-0.39, 0.29) is 18.6 Å². The van der Waals surface area contributed by atoms with Crippen molar-refractivity contribution in [2.45, 2.75) is 19.4 Å². The summed E-state index contributed by atoms with van der Waals surface area (Å²) in [5, 5.41) is 17.3. The number of hydrogen-bond acceptors (Lipinski definition) is 4. The minimum Gasteiger partial charge on any atom is -0.412 e. The van der Waals surface area contributed by atoms with Crippen molar-refractivity contribution in [1.82, 2.24) is 0 Å². The van der Waals surface area contributed by atoms with Gasteiger partial charge in [0.25, 0.3) is 0 Å². The third-order valence-corrected chi connectivity index (χ3v) is 2.44. The van der Waals surface area contributed by atoms with Crippen LogP contribution in [0.5, 0.6) is 0 Å². The molecule has 0 heterocycles. The van der Waals surface area contributed by atoms with E-state index in [1.807, 2.05) is 0 Å². The Morgan fingerprint density at radius 3 is 2.82 bits per heavy atom. The molecule has 0 saturated heterocycles. The van der Waals surface area contributed by atoms with Gasteiger partial charge < -0.3 is 19.4 Å². The Morgan fingerprint density at radius 1 is 1.73 bits per heavy atom. The zero-order valence-corrected chi connectivity index (χ0v) is 8.03. The maximum absolute atomic E-state index is 10.7. The highest BCUT2D eigenvalue weighted by Gasteiger charge is 2.03. The molecule has 0 aromatic heterocycles. The van der Waals surface area contributed by atoms with E-state index in [4.69, 9.17) is 14.6 Å². The zero-order chi connectivity index (χ0) is 8.69. The van der Waals surface area contributed by atoms with Gasteiger partial charge in [-0.3, -0.25) is 0 Å². The van der Waals surface area contributed by atoms with Crippen molar-refractivity contribution in [3.8, 4) is 0 Å². The van der Waals surface area contributed by atoms with Crippen molar-refractivity contribution in [2.24, 2.45) is 0 Å². The van der Waals surface area contributed by atoms with Gasteiger partial charge in [-0.2, -0.15) is 0 Å². The lowest BCUT2D eigenvalue weighted by atomic mass is 10.4. The van der Waals surface area contributed by atoms with Crippen LogP contribution in [0.4, 0.5) is 0 Å². The van der Waals surface area contributed by atoms with E-state index in [2.05, 4.69) is 0 Å². The molecule has 0 aliphatic carbocycles. The zero-order valence-electron chi connectivity index (χ0n) is 6.62. The van der Waals surface area contributed by atoms with Crippen LogP contribution < -0.4 is 0 Å². The minimum absolute atomic E-state index is 0.0778. The Kier molecular flexibility index (Phi) is 6.34. The molecule has 0 aliphatic rings. The molecule has 0 fully saturated rings. The van der Waals surface area contributed by atoms with Crippen LogP contribution in [0.2, 0.25) is 0 Å². The molecule has 0 rings (SSSR count). The fraction of sp³-hybridized carbons (Fsp3) is 0.833. The van der Waals surface area contributed by atoms with Crippen LogP contribution in [0.15, 0.2) is 0 Å². The molecular formula is C6H14O4Si. The van der Waals surface area contributed by atoms with Crippen LogP contribution in [0, 0.1) is 0 Å². The molecule has 0 amide bonds.